The highest BCUT2D eigenvalue weighted by Crippen LogP contribution is 2.36. The van der Waals surface area contributed by atoms with E-state index in [0.717, 1.165) is 115 Å². The maximum absolute atomic E-state index is 12.5. The zero-order valence-corrected chi connectivity index (χ0v) is 64.1. The third-order valence-electron chi connectivity index (χ3n) is 18.7. The molecule has 1 aliphatic heterocycles. The molecular weight excluding hydrogens is 1480 g/mol. The fraction of sp³-hybridized carbons (Fsp3) is 0.185. The summed E-state index contributed by atoms with van der Waals surface area (Å²) < 4.78 is 8.47. The molecule has 13 heterocycles. The van der Waals surface area contributed by atoms with Crippen molar-refractivity contribution >= 4 is 92.1 Å². The van der Waals surface area contributed by atoms with E-state index in [2.05, 4.69) is 119 Å². The lowest BCUT2D eigenvalue weighted by molar-refractivity contribution is 0.251. The fourth-order valence-electron chi connectivity index (χ4n) is 13.4. The van der Waals surface area contributed by atoms with Crippen LogP contribution in [0.4, 0.5) is 43.0 Å². The number of aromatic amines is 6. The number of urea groups is 4. The smallest absolute Gasteiger partial charge is 0.321 e. The van der Waals surface area contributed by atoms with E-state index in [1.165, 1.54) is 10.6 Å². The first kappa shape index (κ1) is 77.2. The Balaban J connectivity index is 0.000000128. The Labute approximate surface area is 658 Å². The number of carbonyl (C=O) groups excluding carboxylic acids is 4. The number of hydrogen-bond acceptors (Lipinski definition) is 16. The Kier molecular flexibility index (Phi) is 22.9. The van der Waals surface area contributed by atoms with Gasteiger partial charge in [0.05, 0.1) is 50.3 Å². The highest BCUT2D eigenvalue weighted by atomic mass is 16.2. The monoisotopic (exact) mass is 1560 g/mol. The molecule has 0 bridgehead atoms. The molecule has 0 atom stereocenters. The van der Waals surface area contributed by atoms with Gasteiger partial charge in [-0.05, 0) is 196 Å². The molecule has 0 aliphatic carbocycles. The molecule has 8 amide bonds. The van der Waals surface area contributed by atoms with Crippen molar-refractivity contribution < 1.29 is 19.2 Å². The fourth-order valence-corrected chi connectivity index (χ4v) is 13.4. The van der Waals surface area contributed by atoms with Crippen LogP contribution in [-0.2, 0) is 26.4 Å². The summed E-state index contributed by atoms with van der Waals surface area (Å²) in [5.41, 5.74) is 18.3. The van der Waals surface area contributed by atoms with Crippen molar-refractivity contribution in [3.05, 3.63) is 241 Å². The number of nitrogens with one attached hydrogen (secondary N) is 14. The van der Waals surface area contributed by atoms with Gasteiger partial charge < -0.3 is 60.3 Å². The van der Waals surface area contributed by atoms with E-state index in [0.29, 0.717) is 95.2 Å². The van der Waals surface area contributed by atoms with Crippen molar-refractivity contribution in [1.29, 1.82) is 0 Å². The van der Waals surface area contributed by atoms with Crippen LogP contribution in [0.5, 0.6) is 0 Å². The first-order chi connectivity index (χ1) is 56.3. The van der Waals surface area contributed by atoms with Gasteiger partial charge >= 0.3 is 24.1 Å². The molecule has 0 spiro atoms. The number of H-pyrrole nitrogens is 6. The van der Waals surface area contributed by atoms with Gasteiger partial charge in [0.1, 0.15) is 16.6 Å². The predicted molar refractivity (Wildman–Crippen MR) is 445 cm³/mol. The summed E-state index contributed by atoms with van der Waals surface area (Å²) in [5.74, 6) is 1.33. The molecule has 17 rings (SSSR count). The molecule has 588 valence electrons. The molecule has 0 fully saturated rings. The van der Waals surface area contributed by atoms with Gasteiger partial charge in [0, 0.05) is 142 Å². The van der Waals surface area contributed by atoms with Crippen molar-refractivity contribution in [1.82, 2.24) is 115 Å². The summed E-state index contributed by atoms with van der Waals surface area (Å²) >= 11 is 0. The number of aryl methyl sites for hydroxylation is 3. The first-order valence-corrected chi connectivity index (χ1v) is 37.4. The van der Waals surface area contributed by atoms with Gasteiger partial charge in [-0.15, -0.1) is 0 Å². The average molecular weight is 1560 g/mol. The van der Waals surface area contributed by atoms with Crippen molar-refractivity contribution in [3.63, 3.8) is 0 Å². The molecule has 4 aromatic carbocycles. The normalized spacial score (nSPS) is 11.4. The van der Waals surface area contributed by atoms with Gasteiger partial charge in [-0.2, -0.15) is 15.3 Å². The zero-order valence-electron chi connectivity index (χ0n) is 64.1. The summed E-state index contributed by atoms with van der Waals surface area (Å²) in [4.78, 5) is 137. The lowest BCUT2D eigenvalue weighted by Gasteiger charge is -2.10. The van der Waals surface area contributed by atoms with Gasteiger partial charge in [-0.1, -0.05) is 13.0 Å². The average Bonchev–Trinajstić information content (AvgIpc) is 1.14. The SMILES string of the molecule is CCNC(=O)Nc1nc2c(-c3ccccn3)cc(-c3ccn(C)c(=O)c3)cc2[nH]1.CCNC(=O)Nc1nc2c(-n3cccn3)cc(-c3cc(C)c(CC)c(=O)[nH]3)cc2[nH]1.CCNC(=O)Nc1nc2c(-n3cccn3)cc(-c3cc4n(c(=O)c3)CCC4)cc2[nH]1.CCNC(=O)Nc1nc2c(-n3cccn3)cc(-c3cc[nH]c(=O)c3)cc2[nH]1. The first-order valence-electron chi connectivity index (χ1n) is 37.4. The third-order valence-corrected chi connectivity index (χ3v) is 18.7. The molecule has 12 aromatic heterocycles. The van der Waals surface area contributed by atoms with E-state index in [4.69, 9.17) is 0 Å². The molecule has 1 aliphatic rings. The molecule has 35 heteroatoms. The van der Waals surface area contributed by atoms with Crippen LogP contribution in [0.15, 0.2) is 202 Å². The highest BCUT2D eigenvalue weighted by Gasteiger charge is 2.22. The molecule has 16 aromatic rings. The number of hydrogen-bond donors (Lipinski definition) is 14. The van der Waals surface area contributed by atoms with Crippen LogP contribution in [0, 0.1) is 6.92 Å². The minimum atomic E-state index is -0.341. The Hall–Kier alpha value is -15.6. The number of anilines is 4. The molecule has 0 saturated heterocycles. The standard InChI is InChI=1S/C21H21N7O2.C21H23N7O2.C21H20N6O2.C18H17N7O2/c1-2-22-21(30)26-20-24-16-10-14(11-17(19(16)25-20)28-8-4-6-23-28)13-9-15-5-3-7-27(15)18(29)12-13;1-4-14-12(3)9-15(24-19(14)29)13-10-16-18(17(11-13)28-8-6-7-23-28)26-20(25-16)27-21(30)22-5-2;1-3-22-21(29)26-20-24-17-11-14(13-7-9-27(2)18(28)12-13)10-15(19(17)25-20)16-6-4-5-8-23-16;1-2-19-18(27)24-17-22-13-8-12(11-4-6-20-15(26)10-11)9-14(16(13)23-17)25-7-3-5-21-25/h4,6,8-12H,2-3,5,7H2,1H3,(H3,22,24,25,26,30);6-11H,4-5H2,1-3H3,(H,24,29)(H3,22,25,26,27,30);4-12H,3H2,1-2H3,(H3,22,24,25,26,29);3-10H,2H2,1H3,(H,20,26)(H3,19,22,23,24,27). The zero-order chi connectivity index (χ0) is 81.1. The van der Waals surface area contributed by atoms with Crippen LogP contribution < -0.4 is 64.8 Å². The van der Waals surface area contributed by atoms with Gasteiger partial charge in [0.2, 0.25) is 29.4 Å². The summed E-state index contributed by atoms with van der Waals surface area (Å²) in [5, 5.41) is 34.4. The molecule has 0 unspecified atom stereocenters. The van der Waals surface area contributed by atoms with Crippen LogP contribution in [-0.4, -0.2) is 144 Å². The van der Waals surface area contributed by atoms with Crippen LogP contribution in [0.3, 0.4) is 0 Å². The Morgan fingerprint density at radius 1 is 0.448 bits per heavy atom. The summed E-state index contributed by atoms with van der Waals surface area (Å²) in [6.07, 6.45) is 18.1. The van der Waals surface area contributed by atoms with Crippen molar-refractivity contribution in [2.45, 2.75) is 67.3 Å². The van der Waals surface area contributed by atoms with Crippen LogP contribution >= 0.6 is 0 Å². The minimum absolute atomic E-state index is 0.0175. The molecular formula is C81H81N27O8. The predicted octanol–water partition coefficient (Wildman–Crippen LogP) is 11.2. The topological polar surface area (TPSA) is 455 Å². The number of amides is 8. The van der Waals surface area contributed by atoms with Crippen LogP contribution in [0.1, 0.15) is 57.9 Å². The number of rotatable bonds is 17. The Bertz CT molecular complexity index is 6520. The van der Waals surface area contributed by atoms with Gasteiger partial charge in [0.25, 0.3) is 16.7 Å². The Morgan fingerprint density at radius 2 is 0.905 bits per heavy atom. The van der Waals surface area contributed by atoms with Crippen molar-refractivity contribution in [2.24, 2.45) is 7.05 Å². The lowest BCUT2D eigenvalue weighted by Crippen LogP contribution is -2.28. The van der Waals surface area contributed by atoms with E-state index in [1.807, 2.05) is 168 Å². The maximum Gasteiger partial charge on any atom is 0.321 e. The lowest BCUT2D eigenvalue weighted by atomic mass is 10.0. The molecule has 14 N–H and O–H groups in total. The number of nitrogens with zero attached hydrogens (tertiary/aromatic N) is 13. The largest absolute Gasteiger partial charge is 0.338 e. The second-order valence-corrected chi connectivity index (χ2v) is 26.6. The van der Waals surface area contributed by atoms with E-state index in [1.54, 1.807) is 70.4 Å². The van der Waals surface area contributed by atoms with Crippen molar-refractivity contribution in [2.75, 3.05) is 47.4 Å². The number of aromatic nitrogens is 19. The van der Waals surface area contributed by atoms with E-state index < -0.39 is 0 Å². The molecule has 0 saturated carbocycles. The van der Waals surface area contributed by atoms with Gasteiger partial charge in [-0.3, -0.25) is 45.4 Å². The number of benzene rings is 4. The second kappa shape index (κ2) is 34.4. The molecule has 35 nitrogen and oxygen atoms in total. The second-order valence-electron chi connectivity index (χ2n) is 26.6. The van der Waals surface area contributed by atoms with E-state index in [9.17, 15) is 38.4 Å². The molecule has 116 heavy (non-hydrogen) atoms. The third kappa shape index (κ3) is 17.3. The number of imidazole rings is 4. The summed E-state index contributed by atoms with van der Waals surface area (Å²) in [7, 11) is 1.71. The summed E-state index contributed by atoms with van der Waals surface area (Å²) in [6.45, 7) is 14.1. The van der Waals surface area contributed by atoms with Gasteiger partial charge in [-0.25, -0.2) is 53.2 Å². The quantitative estimate of drug-likeness (QED) is 0.0403. The van der Waals surface area contributed by atoms with Crippen molar-refractivity contribution in [3.8, 4) is 73.0 Å². The van der Waals surface area contributed by atoms with E-state index >= 15 is 0 Å². The number of carbonyl (C=O) groups is 4. The van der Waals surface area contributed by atoms with Gasteiger partial charge in [0.15, 0.2) is 0 Å². The summed E-state index contributed by atoms with van der Waals surface area (Å²) in [6, 6.07) is 37.7. The van der Waals surface area contributed by atoms with Crippen LogP contribution in [0.2, 0.25) is 0 Å². The maximum atomic E-state index is 12.5. The Morgan fingerprint density at radius 3 is 1.36 bits per heavy atom. The number of fused-ring (bicyclic) bond motifs is 5. The number of pyridine rings is 5. The highest BCUT2D eigenvalue weighted by molar-refractivity contribution is 6.00. The van der Waals surface area contributed by atoms with E-state index in [-0.39, 0.29) is 46.4 Å². The minimum Gasteiger partial charge on any atom is -0.338 e. The molecule has 0 radical (unpaired) electrons. The van der Waals surface area contributed by atoms with Crippen LogP contribution in [0.25, 0.3) is 117 Å².